The first kappa shape index (κ1) is 42.1. The minimum absolute atomic E-state index is 0.00759. The van der Waals surface area contributed by atoms with Gasteiger partial charge >= 0.3 is 5.97 Å². The van der Waals surface area contributed by atoms with Gasteiger partial charge in [-0.1, -0.05) is 73.3 Å². The van der Waals surface area contributed by atoms with E-state index >= 15 is 0 Å². The topological polar surface area (TPSA) is 83.9 Å². The molecule has 2 aromatic rings. The summed E-state index contributed by atoms with van der Waals surface area (Å²) in [5, 5.41) is -0.119. The van der Waals surface area contributed by atoms with Crippen LogP contribution >= 0.6 is 46.4 Å². The zero-order valence-corrected chi connectivity index (χ0v) is 37.5. The predicted molar refractivity (Wildman–Crippen MR) is 228 cm³/mol. The minimum atomic E-state index is -4.43. The van der Waals surface area contributed by atoms with E-state index in [1.165, 1.54) is 5.70 Å². The number of ether oxygens (including phenoxy) is 1. The summed E-state index contributed by atoms with van der Waals surface area (Å²) in [6, 6.07) is 4.12. The van der Waals surface area contributed by atoms with Crippen molar-refractivity contribution < 1.29 is 27.0 Å². The molecule has 0 spiro atoms. The maximum absolute atomic E-state index is 14.1. The number of carbonyl (C=O) groups excluding carboxylic acids is 1. The highest BCUT2D eigenvalue weighted by molar-refractivity contribution is 7.86. The molecule has 2 aromatic carbocycles. The van der Waals surface area contributed by atoms with Gasteiger partial charge in [0.05, 0.1) is 51.4 Å². The van der Waals surface area contributed by atoms with Crippen LogP contribution in [0.1, 0.15) is 109 Å². The van der Waals surface area contributed by atoms with Crippen molar-refractivity contribution in [1.29, 1.82) is 0 Å². The average Bonchev–Trinajstić information content (AvgIpc) is 3.07. The van der Waals surface area contributed by atoms with Crippen LogP contribution in [0.2, 0.25) is 20.1 Å². The van der Waals surface area contributed by atoms with E-state index in [2.05, 4.69) is 91.6 Å². The van der Waals surface area contributed by atoms with Crippen molar-refractivity contribution in [2.75, 3.05) is 37.4 Å². The van der Waals surface area contributed by atoms with Gasteiger partial charge in [-0.2, -0.15) is 8.42 Å². The maximum atomic E-state index is 14.1. The Morgan fingerprint density at radius 3 is 2.07 bits per heavy atom. The zero-order chi connectivity index (χ0) is 41.2. The van der Waals surface area contributed by atoms with E-state index in [4.69, 9.17) is 51.1 Å². The highest BCUT2D eigenvalue weighted by Gasteiger charge is 2.56. The molecule has 2 aliphatic heterocycles. The van der Waals surface area contributed by atoms with Crippen LogP contribution in [0, 0.1) is 5.41 Å². The highest BCUT2D eigenvalue weighted by Crippen LogP contribution is 2.64. The third kappa shape index (κ3) is 6.11. The largest absolute Gasteiger partial charge is 0.462 e. The second-order valence-corrected chi connectivity index (χ2v) is 20.1. The van der Waals surface area contributed by atoms with Gasteiger partial charge in [0, 0.05) is 39.8 Å². The number of fused-ring (bicyclic) bond motifs is 4. The molecule has 2 atom stereocenters. The molecule has 0 amide bonds. The molecule has 55 heavy (non-hydrogen) atoms. The molecule has 296 valence electrons. The Kier molecular flexibility index (Phi) is 10.3. The summed E-state index contributed by atoms with van der Waals surface area (Å²) in [6.07, 6.45) is 8.85. The number of rotatable bonds is 7. The van der Waals surface area contributed by atoms with E-state index < -0.39 is 38.2 Å². The first-order valence-corrected chi connectivity index (χ1v) is 21.8. The average molecular weight is 850 g/mol. The van der Waals surface area contributed by atoms with Crippen molar-refractivity contribution in [2.24, 2.45) is 5.41 Å². The van der Waals surface area contributed by atoms with Gasteiger partial charge in [-0.25, -0.2) is 4.79 Å². The number of quaternary nitrogens is 1. The molecule has 4 aliphatic rings. The van der Waals surface area contributed by atoms with E-state index in [1.54, 1.807) is 6.92 Å². The summed E-state index contributed by atoms with van der Waals surface area (Å²) in [5.41, 5.74) is 6.63. The molecule has 0 saturated heterocycles. The van der Waals surface area contributed by atoms with Crippen LogP contribution in [0.3, 0.4) is 0 Å². The van der Waals surface area contributed by atoms with Gasteiger partial charge in [0.2, 0.25) is 0 Å². The Bertz CT molecular complexity index is 2350. The molecule has 0 radical (unpaired) electrons. The van der Waals surface area contributed by atoms with Crippen LogP contribution in [0.15, 0.2) is 58.9 Å². The molecule has 2 unspecified atom stereocenters. The van der Waals surface area contributed by atoms with Gasteiger partial charge in [0.15, 0.2) is 0 Å². The molecule has 6 rings (SSSR count). The van der Waals surface area contributed by atoms with Crippen molar-refractivity contribution in [1.82, 2.24) is 0 Å². The number of hydrogen-bond acceptors (Lipinski definition) is 5. The van der Waals surface area contributed by atoms with E-state index in [0.717, 1.165) is 34.5 Å². The normalized spacial score (nSPS) is 24.8. The molecule has 7 nitrogen and oxygen atoms in total. The third-order valence-electron chi connectivity index (χ3n) is 13.1. The predicted octanol–water partition coefficient (Wildman–Crippen LogP) is 11.5. The summed E-state index contributed by atoms with van der Waals surface area (Å²) >= 11 is 27.8. The summed E-state index contributed by atoms with van der Waals surface area (Å²) < 4.78 is 41.6. The number of allylic oxidation sites excluding steroid dienone is 4. The number of nitrogens with zero attached hydrogens (tertiary/aromatic N) is 2. The number of anilines is 1. The van der Waals surface area contributed by atoms with E-state index in [9.17, 15) is 17.8 Å². The quantitative estimate of drug-likeness (QED) is 0.0982. The summed E-state index contributed by atoms with van der Waals surface area (Å²) in [6.45, 7) is 24.9. The number of likely N-dealkylation sites (N-methyl/N-ethyl adjacent to an activating group) is 2. The molecular formula is C43H51Cl4N2O5S+. The lowest BCUT2D eigenvalue weighted by molar-refractivity contribution is -0.911. The second-order valence-electron chi connectivity index (χ2n) is 17.1. The van der Waals surface area contributed by atoms with E-state index in [-0.39, 0.29) is 43.4 Å². The van der Waals surface area contributed by atoms with Crippen LogP contribution in [0.4, 0.5) is 5.69 Å². The highest BCUT2D eigenvalue weighted by atomic mass is 35.5. The Morgan fingerprint density at radius 1 is 0.891 bits per heavy atom. The smallest absolute Gasteiger partial charge is 0.340 e. The lowest BCUT2D eigenvalue weighted by Crippen LogP contribution is -2.60. The Labute approximate surface area is 346 Å². The van der Waals surface area contributed by atoms with Gasteiger partial charge < -0.3 is 9.64 Å². The summed E-state index contributed by atoms with van der Waals surface area (Å²) in [5.74, 6) is -1.29. The first-order valence-electron chi connectivity index (χ1n) is 18.7. The monoisotopic (exact) mass is 847 g/mol. The molecule has 2 heterocycles. The van der Waals surface area contributed by atoms with Crippen LogP contribution < -0.4 is 4.90 Å². The lowest BCUT2D eigenvalue weighted by atomic mass is 9.51. The van der Waals surface area contributed by atoms with E-state index in [1.807, 2.05) is 26.0 Å². The molecule has 1 N–H and O–H groups in total. The molecule has 12 heteroatoms. The van der Waals surface area contributed by atoms with Gasteiger partial charge in [-0.15, -0.1) is 0 Å². The summed E-state index contributed by atoms with van der Waals surface area (Å²) in [4.78, 5) is 16.3. The number of halogens is 4. The minimum Gasteiger partial charge on any atom is -0.462 e. The first-order chi connectivity index (χ1) is 25.2. The van der Waals surface area contributed by atoms with Crippen molar-refractivity contribution >= 4 is 79.3 Å². The number of carbonyl (C=O) groups is 1. The van der Waals surface area contributed by atoms with Crippen LogP contribution in [0.5, 0.6) is 0 Å². The molecule has 0 aromatic heterocycles. The van der Waals surface area contributed by atoms with Gasteiger partial charge in [0.1, 0.15) is 17.0 Å². The van der Waals surface area contributed by atoms with Crippen LogP contribution in [-0.2, 0) is 20.3 Å². The zero-order valence-electron chi connectivity index (χ0n) is 33.7. The van der Waals surface area contributed by atoms with Crippen molar-refractivity contribution in [3.8, 4) is 0 Å². The van der Waals surface area contributed by atoms with E-state index in [0.29, 0.717) is 33.3 Å². The molecule has 0 fully saturated rings. The lowest BCUT2D eigenvalue weighted by Gasteiger charge is -2.56. The SMILES string of the molecule is CCOC(=O)c1c(Cl)c(Cl)c(Cl)c(Cl)c1C1=C2C=C3C(C)=CC(C)(C)[N+](C)(CC)C3=CC2(C)C(C)(C)c2cc3c(cc21)C(CS(=O)(=O)O)=CC(C)(C)N3CC. The van der Waals surface area contributed by atoms with Gasteiger partial charge in [-0.05, 0) is 119 Å². The Morgan fingerprint density at radius 2 is 1.51 bits per heavy atom. The molecule has 0 bridgehead atoms. The third-order valence-corrected chi connectivity index (χ3v) is 15.6. The fraction of sp³-hybridized carbons (Fsp3) is 0.465. The second kappa shape index (κ2) is 13.5. The fourth-order valence-corrected chi connectivity index (χ4v) is 11.2. The van der Waals surface area contributed by atoms with Crippen LogP contribution in [0.25, 0.3) is 11.1 Å². The summed E-state index contributed by atoms with van der Waals surface area (Å²) in [7, 11) is -2.15. The molecule has 2 aliphatic carbocycles. The molecular weight excluding hydrogens is 798 g/mol. The maximum Gasteiger partial charge on any atom is 0.340 e. The van der Waals surface area contributed by atoms with Gasteiger partial charge in [0.25, 0.3) is 10.1 Å². The fourth-order valence-electron chi connectivity index (χ4n) is 9.54. The van der Waals surface area contributed by atoms with Crippen molar-refractivity contribution in [2.45, 2.75) is 92.7 Å². The van der Waals surface area contributed by atoms with Crippen molar-refractivity contribution in [3.05, 3.63) is 107 Å². The van der Waals surface area contributed by atoms with Gasteiger partial charge in [-0.3, -0.25) is 9.04 Å². The standard InChI is InChI=1S/C43H50Cl4N2O5S/c1-13-48-30-18-28-27(16-26(30)24(20-40(48,5)6)22-55(51,52)53)32(33-34(39(50)54-15-3)36(45)38(47)37(46)35(33)44)29-17-25-23(4)19-41(7,8)49(12,14-2)31(25)21-43(29,11)42(28,9)10/h16-21H,13-15,22H2,1-12H3/p+1. The van der Waals surface area contributed by atoms with Crippen LogP contribution in [-0.4, -0.2) is 67.0 Å². The number of esters is 1. The number of hydrogen-bond donors (Lipinski definition) is 1. The Balaban J connectivity index is 1.89. The van der Waals surface area contributed by atoms with Crippen molar-refractivity contribution in [3.63, 3.8) is 0 Å². The number of benzene rings is 2. The Hall–Kier alpha value is -2.56. The molecule has 0 saturated carbocycles.